The SMILES string of the molecule is O=C(Cc1noc2ccccc12)OCC(=O)N1CCC(Cc2ccccc2)CC1. The molecule has 2 aromatic carbocycles. The molecule has 0 radical (unpaired) electrons. The Balaban J connectivity index is 1.21. The molecule has 0 unspecified atom stereocenters. The van der Waals surface area contributed by atoms with Crippen LogP contribution in [0.15, 0.2) is 59.1 Å². The molecule has 1 aromatic heterocycles. The van der Waals surface area contributed by atoms with Gasteiger partial charge in [0, 0.05) is 18.5 Å². The van der Waals surface area contributed by atoms with E-state index in [0.717, 1.165) is 24.6 Å². The first-order valence-corrected chi connectivity index (χ1v) is 9.99. The number of benzene rings is 2. The van der Waals surface area contributed by atoms with Gasteiger partial charge in [-0.25, -0.2) is 0 Å². The summed E-state index contributed by atoms with van der Waals surface area (Å²) in [5, 5.41) is 4.71. The number of ether oxygens (including phenoxy) is 1. The highest BCUT2D eigenvalue weighted by Crippen LogP contribution is 2.22. The fourth-order valence-corrected chi connectivity index (χ4v) is 3.82. The van der Waals surface area contributed by atoms with Crippen LogP contribution in [0.5, 0.6) is 0 Å². The number of amides is 1. The number of aromatic nitrogens is 1. The van der Waals surface area contributed by atoms with Crippen LogP contribution in [0.1, 0.15) is 24.1 Å². The molecule has 0 atom stereocenters. The van der Waals surface area contributed by atoms with E-state index in [2.05, 4.69) is 29.4 Å². The number of carbonyl (C=O) groups excluding carboxylic acids is 2. The minimum atomic E-state index is -0.476. The quantitative estimate of drug-likeness (QED) is 0.601. The van der Waals surface area contributed by atoms with E-state index in [1.807, 2.05) is 24.3 Å². The van der Waals surface area contributed by atoms with Crippen molar-refractivity contribution in [3.63, 3.8) is 0 Å². The van der Waals surface area contributed by atoms with Crippen molar-refractivity contribution in [1.82, 2.24) is 10.1 Å². The highest BCUT2D eigenvalue weighted by Gasteiger charge is 2.24. The first-order valence-electron chi connectivity index (χ1n) is 9.99. The third-order valence-corrected chi connectivity index (χ3v) is 5.46. The molecule has 6 nitrogen and oxygen atoms in total. The molecule has 0 saturated carbocycles. The predicted octanol–water partition coefficient (Wildman–Crippen LogP) is 3.39. The van der Waals surface area contributed by atoms with Crippen LogP contribution in [0.2, 0.25) is 0 Å². The van der Waals surface area contributed by atoms with Crippen LogP contribution in [0.4, 0.5) is 0 Å². The summed E-state index contributed by atoms with van der Waals surface area (Å²) in [5.74, 6) is -0.0256. The summed E-state index contributed by atoms with van der Waals surface area (Å²) in [5.41, 5.74) is 2.50. The molecule has 3 aromatic rings. The van der Waals surface area contributed by atoms with Crippen LogP contribution < -0.4 is 0 Å². The highest BCUT2D eigenvalue weighted by atomic mass is 16.5. The van der Waals surface area contributed by atoms with E-state index in [9.17, 15) is 9.59 Å². The van der Waals surface area contributed by atoms with Gasteiger partial charge in [0.05, 0.1) is 6.42 Å². The van der Waals surface area contributed by atoms with Crippen LogP contribution in [-0.2, 0) is 27.2 Å². The smallest absolute Gasteiger partial charge is 0.312 e. The van der Waals surface area contributed by atoms with Crippen molar-refractivity contribution in [2.24, 2.45) is 5.92 Å². The Bertz CT molecular complexity index is 975. The lowest BCUT2D eigenvalue weighted by Gasteiger charge is -2.32. The lowest BCUT2D eigenvalue weighted by molar-refractivity contribution is -0.152. The standard InChI is InChI=1S/C23H24N2O4/c26-22(25-12-10-18(11-13-25)14-17-6-2-1-3-7-17)16-28-23(27)15-20-19-8-4-5-9-21(19)29-24-20/h1-9,18H,10-16H2. The fraction of sp³-hybridized carbons (Fsp3) is 0.348. The largest absolute Gasteiger partial charge is 0.455 e. The van der Waals surface area contributed by atoms with Crippen LogP contribution in [-0.4, -0.2) is 41.6 Å². The lowest BCUT2D eigenvalue weighted by atomic mass is 9.90. The summed E-state index contributed by atoms with van der Waals surface area (Å²) in [7, 11) is 0. The normalized spacial score (nSPS) is 14.8. The van der Waals surface area contributed by atoms with E-state index in [4.69, 9.17) is 9.26 Å². The number of hydrogen-bond donors (Lipinski definition) is 0. The van der Waals surface area contributed by atoms with Gasteiger partial charge in [-0.05, 0) is 42.9 Å². The molecule has 1 aliphatic rings. The molecule has 0 bridgehead atoms. The van der Waals surface area contributed by atoms with Gasteiger partial charge < -0.3 is 14.2 Å². The molecule has 4 rings (SSSR count). The number of hydrogen-bond acceptors (Lipinski definition) is 5. The van der Waals surface area contributed by atoms with Gasteiger partial charge in [0.1, 0.15) is 5.69 Å². The molecular weight excluding hydrogens is 368 g/mol. The van der Waals surface area contributed by atoms with Crippen molar-refractivity contribution >= 4 is 22.8 Å². The molecule has 6 heteroatoms. The maximum absolute atomic E-state index is 12.4. The van der Waals surface area contributed by atoms with Gasteiger partial charge in [-0.15, -0.1) is 0 Å². The van der Waals surface area contributed by atoms with Crippen molar-refractivity contribution in [3.05, 3.63) is 65.9 Å². The van der Waals surface area contributed by atoms with Crippen LogP contribution in [0.25, 0.3) is 11.0 Å². The Labute approximate surface area is 169 Å². The lowest BCUT2D eigenvalue weighted by Crippen LogP contribution is -2.41. The second-order valence-electron chi connectivity index (χ2n) is 7.48. The van der Waals surface area contributed by atoms with Gasteiger partial charge in [0.15, 0.2) is 12.2 Å². The topological polar surface area (TPSA) is 72.6 Å². The average Bonchev–Trinajstić information content (AvgIpc) is 3.16. The van der Waals surface area contributed by atoms with Crippen molar-refractivity contribution < 1.29 is 18.8 Å². The second kappa shape index (κ2) is 8.90. The van der Waals surface area contributed by atoms with Gasteiger partial charge in [-0.3, -0.25) is 9.59 Å². The third-order valence-electron chi connectivity index (χ3n) is 5.46. The zero-order valence-electron chi connectivity index (χ0n) is 16.3. The fourth-order valence-electron chi connectivity index (χ4n) is 3.82. The van der Waals surface area contributed by atoms with E-state index in [1.54, 1.807) is 11.0 Å². The Kier molecular flexibility index (Phi) is 5.89. The Morgan fingerprint density at radius 2 is 1.76 bits per heavy atom. The number of esters is 1. The molecule has 0 N–H and O–H groups in total. The molecule has 2 heterocycles. The number of piperidine rings is 1. The van der Waals surface area contributed by atoms with E-state index in [1.165, 1.54) is 5.56 Å². The number of likely N-dealkylation sites (tertiary alicyclic amines) is 1. The first kappa shape index (κ1) is 19.2. The van der Waals surface area contributed by atoms with Gasteiger partial charge >= 0.3 is 5.97 Å². The molecular formula is C23H24N2O4. The first-order chi connectivity index (χ1) is 14.2. The van der Waals surface area contributed by atoms with E-state index in [-0.39, 0.29) is 18.9 Å². The Hall–Kier alpha value is -3.15. The third kappa shape index (κ3) is 4.83. The molecule has 29 heavy (non-hydrogen) atoms. The monoisotopic (exact) mass is 392 g/mol. The summed E-state index contributed by atoms with van der Waals surface area (Å²) >= 11 is 0. The average molecular weight is 392 g/mol. The Morgan fingerprint density at radius 1 is 1.03 bits per heavy atom. The summed E-state index contributed by atoms with van der Waals surface area (Å²) in [6.45, 7) is 1.20. The minimum absolute atomic E-state index is 0.0105. The van der Waals surface area contributed by atoms with Crippen molar-refractivity contribution in [1.29, 1.82) is 0 Å². The maximum atomic E-state index is 12.4. The number of nitrogens with zero attached hydrogens (tertiary/aromatic N) is 2. The number of rotatable bonds is 6. The number of fused-ring (bicyclic) bond motifs is 1. The van der Waals surface area contributed by atoms with Crippen LogP contribution >= 0.6 is 0 Å². The van der Waals surface area contributed by atoms with Gasteiger partial charge in [-0.1, -0.05) is 47.6 Å². The molecule has 1 fully saturated rings. The Morgan fingerprint density at radius 3 is 2.55 bits per heavy atom. The van der Waals surface area contributed by atoms with Crippen LogP contribution in [0.3, 0.4) is 0 Å². The maximum Gasteiger partial charge on any atom is 0.312 e. The van der Waals surface area contributed by atoms with E-state index in [0.29, 0.717) is 30.3 Å². The van der Waals surface area contributed by atoms with Crippen LogP contribution in [0, 0.1) is 5.92 Å². The number of para-hydroxylation sites is 1. The molecule has 1 aliphatic heterocycles. The highest BCUT2D eigenvalue weighted by molar-refractivity contribution is 5.85. The van der Waals surface area contributed by atoms with E-state index < -0.39 is 5.97 Å². The van der Waals surface area contributed by atoms with E-state index >= 15 is 0 Å². The molecule has 1 amide bonds. The predicted molar refractivity (Wildman–Crippen MR) is 108 cm³/mol. The summed E-state index contributed by atoms with van der Waals surface area (Å²) in [6.07, 6.45) is 2.98. The van der Waals surface area contributed by atoms with Crippen molar-refractivity contribution in [2.45, 2.75) is 25.7 Å². The molecule has 0 aliphatic carbocycles. The zero-order valence-corrected chi connectivity index (χ0v) is 16.3. The molecule has 0 spiro atoms. The minimum Gasteiger partial charge on any atom is -0.455 e. The van der Waals surface area contributed by atoms with Gasteiger partial charge in [-0.2, -0.15) is 0 Å². The number of carbonyl (C=O) groups is 2. The molecule has 150 valence electrons. The second-order valence-corrected chi connectivity index (χ2v) is 7.48. The van der Waals surface area contributed by atoms with Gasteiger partial charge in [0.25, 0.3) is 5.91 Å². The zero-order chi connectivity index (χ0) is 20.1. The van der Waals surface area contributed by atoms with Crippen molar-refractivity contribution in [2.75, 3.05) is 19.7 Å². The summed E-state index contributed by atoms with van der Waals surface area (Å²) in [6, 6.07) is 17.8. The summed E-state index contributed by atoms with van der Waals surface area (Å²) in [4.78, 5) is 26.3. The van der Waals surface area contributed by atoms with Gasteiger partial charge in [0.2, 0.25) is 0 Å². The van der Waals surface area contributed by atoms with Crippen molar-refractivity contribution in [3.8, 4) is 0 Å². The molecule has 1 saturated heterocycles. The summed E-state index contributed by atoms with van der Waals surface area (Å²) < 4.78 is 10.4.